The molecule has 8 rings (SSSR count). The molecule has 0 saturated carbocycles. The zero-order valence-corrected chi connectivity index (χ0v) is 26.3. The molecule has 3 nitrogen and oxygen atoms in total. The van der Waals surface area contributed by atoms with E-state index in [0.717, 1.165) is 55.9 Å². The molecule has 7 aromatic rings. The average molecular weight is 602 g/mol. The lowest BCUT2D eigenvalue weighted by molar-refractivity contribution is 0.660. The zero-order valence-electron chi connectivity index (χ0n) is 26.3. The Morgan fingerprint density at radius 1 is 0.468 bits per heavy atom. The van der Waals surface area contributed by atoms with E-state index in [-0.39, 0.29) is 5.41 Å². The van der Waals surface area contributed by atoms with E-state index in [9.17, 15) is 5.26 Å². The highest BCUT2D eigenvalue weighted by Crippen LogP contribution is 2.50. The molecule has 1 heterocycles. The van der Waals surface area contributed by atoms with Gasteiger partial charge in [-0.3, -0.25) is 0 Å². The van der Waals surface area contributed by atoms with Crippen LogP contribution in [0.1, 0.15) is 30.5 Å². The zero-order chi connectivity index (χ0) is 32.0. The highest BCUT2D eigenvalue weighted by molar-refractivity contribution is 5.88. The molecule has 0 aliphatic heterocycles. The summed E-state index contributed by atoms with van der Waals surface area (Å²) in [7, 11) is 0. The highest BCUT2D eigenvalue weighted by Gasteiger charge is 2.36. The van der Waals surface area contributed by atoms with E-state index in [1.54, 1.807) is 0 Å². The average Bonchev–Trinajstić information content (AvgIpc) is 3.38. The van der Waals surface area contributed by atoms with Crippen LogP contribution in [0.25, 0.3) is 67.3 Å². The molecular weight excluding hydrogens is 571 g/mol. The lowest BCUT2D eigenvalue weighted by Crippen LogP contribution is -2.14. The van der Waals surface area contributed by atoms with Crippen LogP contribution in [0.4, 0.5) is 0 Å². The summed E-state index contributed by atoms with van der Waals surface area (Å²) < 4.78 is 0. The lowest BCUT2D eigenvalue weighted by atomic mass is 9.82. The van der Waals surface area contributed by atoms with Gasteiger partial charge in [0.25, 0.3) is 0 Å². The molecule has 0 saturated heterocycles. The second kappa shape index (κ2) is 11.4. The molecule has 0 unspecified atom stereocenters. The minimum absolute atomic E-state index is 0.150. The van der Waals surface area contributed by atoms with Crippen LogP contribution < -0.4 is 0 Å². The molecule has 1 aliphatic rings. The molecule has 0 atom stereocenters. The van der Waals surface area contributed by atoms with Crippen LogP contribution in [0.2, 0.25) is 0 Å². The smallest absolute Gasteiger partial charge is 0.160 e. The molecule has 0 fully saturated rings. The standard InChI is InChI=1S/C44H31N3/c1-44(2)38-25-24-35(26-37(38)42-36(28-45)14-9-15-39(42)44)31-18-22-33(23-19-31)41-27-40(46-43(47-41)34-12-7-4-8-13-34)32-20-16-30(17-21-32)29-10-5-3-6-11-29/h3-27H,1-2H3. The maximum absolute atomic E-state index is 9.91. The first-order valence-electron chi connectivity index (χ1n) is 15.9. The third kappa shape index (κ3) is 5.01. The number of nitriles is 1. The Balaban J connectivity index is 1.17. The van der Waals surface area contributed by atoms with Crippen LogP contribution in [-0.4, -0.2) is 9.97 Å². The van der Waals surface area contributed by atoms with Gasteiger partial charge in [-0.2, -0.15) is 5.26 Å². The number of aromatic nitrogens is 2. The molecule has 0 N–H and O–H groups in total. The van der Waals surface area contributed by atoms with Crippen LogP contribution in [0, 0.1) is 11.3 Å². The van der Waals surface area contributed by atoms with Gasteiger partial charge in [-0.15, -0.1) is 0 Å². The molecule has 47 heavy (non-hydrogen) atoms. The van der Waals surface area contributed by atoms with E-state index < -0.39 is 0 Å². The largest absolute Gasteiger partial charge is 0.228 e. The number of hydrogen-bond donors (Lipinski definition) is 0. The van der Waals surface area contributed by atoms with E-state index in [4.69, 9.17) is 9.97 Å². The molecule has 0 spiro atoms. The monoisotopic (exact) mass is 601 g/mol. The fourth-order valence-electron chi connectivity index (χ4n) is 6.83. The first kappa shape index (κ1) is 28.4. The van der Waals surface area contributed by atoms with Gasteiger partial charge in [0.2, 0.25) is 0 Å². The van der Waals surface area contributed by atoms with Gasteiger partial charge in [-0.1, -0.05) is 147 Å². The first-order valence-corrected chi connectivity index (χ1v) is 15.9. The van der Waals surface area contributed by atoms with Crippen LogP contribution in [-0.2, 0) is 5.41 Å². The summed E-state index contributed by atoms with van der Waals surface area (Å²) in [4.78, 5) is 10.0. The lowest BCUT2D eigenvalue weighted by Gasteiger charge is -2.21. The summed E-state index contributed by atoms with van der Waals surface area (Å²) in [5.41, 5.74) is 14.7. The van der Waals surface area contributed by atoms with Gasteiger partial charge in [0.15, 0.2) is 5.82 Å². The second-order valence-electron chi connectivity index (χ2n) is 12.6. The van der Waals surface area contributed by atoms with Crippen molar-refractivity contribution in [2.45, 2.75) is 19.3 Å². The maximum atomic E-state index is 9.91. The molecule has 3 heteroatoms. The van der Waals surface area contributed by atoms with Crippen molar-refractivity contribution in [3.63, 3.8) is 0 Å². The van der Waals surface area contributed by atoms with Gasteiger partial charge in [0.1, 0.15) is 0 Å². The Morgan fingerprint density at radius 2 is 0.979 bits per heavy atom. The predicted molar refractivity (Wildman–Crippen MR) is 191 cm³/mol. The first-order chi connectivity index (χ1) is 23.0. The van der Waals surface area contributed by atoms with Crippen molar-refractivity contribution in [2.24, 2.45) is 0 Å². The molecule has 1 aromatic heterocycles. The summed E-state index contributed by atoms with van der Waals surface area (Å²) in [6.45, 7) is 4.48. The van der Waals surface area contributed by atoms with Crippen molar-refractivity contribution in [2.75, 3.05) is 0 Å². The van der Waals surface area contributed by atoms with Gasteiger partial charge in [-0.05, 0) is 57.1 Å². The van der Waals surface area contributed by atoms with Crippen LogP contribution in [0.3, 0.4) is 0 Å². The Hall–Kier alpha value is -6.11. The Morgan fingerprint density at radius 3 is 1.57 bits per heavy atom. The van der Waals surface area contributed by atoms with Gasteiger partial charge in [0.05, 0.1) is 23.0 Å². The number of fused-ring (bicyclic) bond motifs is 3. The van der Waals surface area contributed by atoms with Crippen molar-refractivity contribution in [3.05, 3.63) is 168 Å². The van der Waals surface area contributed by atoms with Crippen molar-refractivity contribution in [1.82, 2.24) is 9.97 Å². The second-order valence-corrected chi connectivity index (χ2v) is 12.6. The number of rotatable bonds is 5. The van der Waals surface area contributed by atoms with Crippen molar-refractivity contribution < 1.29 is 0 Å². The minimum Gasteiger partial charge on any atom is -0.228 e. The quantitative estimate of drug-likeness (QED) is 0.197. The molecule has 1 aliphatic carbocycles. The van der Waals surface area contributed by atoms with Crippen molar-refractivity contribution in [1.29, 1.82) is 5.26 Å². The van der Waals surface area contributed by atoms with Gasteiger partial charge >= 0.3 is 0 Å². The van der Waals surface area contributed by atoms with E-state index in [2.05, 4.69) is 135 Å². The Kier molecular flexibility index (Phi) is 6.85. The molecule has 0 bridgehead atoms. The van der Waals surface area contributed by atoms with E-state index in [1.165, 1.54) is 22.3 Å². The molecular formula is C44H31N3. The Bertz CT molecular complexity index is 2300. The van der Waals surface area contributed by atoms with Crippen LogP contribution >= 0.6 is 0 Å². The summed E-state index contributed by atoms with van der Waals surface area (Å²) >= 11 is 0. The third-order valence-electron chi connectivity index (χ3n) is 9.38. The van der Waals surface area contributed by atoms with Crippen LogP contribution in [0.15, 0.2) is 152 Å². The normalized spacial score (nSPS) is 12.6. The fraction of sp³-hybridized carbons (Fsp3) is 0.0682. The predicted octanol–water partition coefficient (Wildman–Crippen LogP) is 11.0. The third-order valence-corrected chi connectivity index (χ3v) is 9.38. The van der Waals surface area contributed by atoms with Gasteiger partial charge in [-0.25, -0.2) is 9.97 Å². The van der Waals surface area contributed by atoms with E-state index >= 15 is 0 Å². The summed E-state index contributed by atoms with van der Waals surface area (Å²) in [5.74, 6) is 0.697. The summed E-state index contributed by atoms with van der Waals surface area (Å²) in [6, 6.07) is 55.0. The summed E-state index contributed by atoms with van der Waals surface area (Å²) in [5, 5.41) is 9.91. The number of benzene rings is 6. The van der Waals surface area contributed by atoms with E-state index in [0.29, 0.717) is 5.82 Å². The van der Waals surface area contributed by atoms with Crippen molar-refractivity contribution in [3.8, 4) is 73.4 Å². The SMILES string of the molecule is CC1(C)c2ccc(-c3ccc(-c4cc(-c5ccc(-c6ccccc6)cc5)nc(-c5ccccc5)n4)cc3)cc2-c2c(C#N)cccc21. The maximum Gasteiger partial charge on any atom is 0.160 e. The summed E-state index contributed by atoms with van der Waals surface area (Å²) in [6.07, 6.45) is 0. The molecule has 0 radical (unpaired) electrons. The number of hydrogen-bond acceptors (Lipinski definition) is 3. The molecule has 6 aromatic carbocycles. The van der Waals surface area contributed by atoms with Gasteiger partial charge < -0.3 is 0 Å². The topological polar surface area (TPSA) is 49.6 Å². The fourth-order valence-corrected chi connectivity index (χ4v) is 6.83. The number of nitrogens with zero attached hydrogens (tertiary/aromatic N) is 3. The minimum atomic E-state index is -0.150. The molecule has 0 amide bonds. The molecule has 222 valence electrons. The highest BCUT2D eigenvalue weighted by atomic mass is 14.9. The van der Waals surface area contributed by atoms with Gasteiger partial charge in [0, 0.05) is 27.7 Å². The van der Waals surface area contributed by atoms with E-state index in [1.807, 2.05) is 36.4 Å². The Labute approximate surface area is 275 Å². The van der Waals surface area contributed by atoms with Crippen molar-refractivity contribution >= 4 is 0 Å². The van der Waals surface area contributed by atoms with Crippen LogP contribution in [0.5, 0.6) is 0 Å².